The van der Waals surface area contributed by atoms with Gasteiger partial charge in [0.05, 0.1) is 0 Å². The zero-order valence-corrected chi connectivity index (χ0v) is 26.9. The molecule has 0 saturated carbocycles. The molecule has 1 unspecified atom stereocenters. The molecule has 0 fully saturated rings. The lowest BCUT2D eigenvalue weighted by molar-refractivity contribution is 0.175. The summed E-state index contributed by atoms with van der Waals surface area (Å²) in [5, 5.41) is 24.5. The maximum atomic E-state index is 10.1. The second-order valence-corrected chi connectivity index (χ2v) is 9.90. The Hall–Kier alpha value is -0.260. The molecule has 0 aliphatic heterocycles. The van der Waals surface area contributed by atoms with Crippen LogP contribution in [0.1, 0.15) is 56.6 Å². The van der Waals surface area contributed by atoms with Crippen molar-refractivity contribution >= 4 is 62.7 Å². The highest BCUT2D eigenvalue weighted by molar-refractivity contribution is 8.93. The normalized spacial score (nSPS) is 14.5. The number of aromatic nitrogens is 2. The van der Waals surface area contributed by atoms with Crippen LogP contribution in [0.2, 0.25) is 0 Å². The third kappa shape index (κ3) is 10.9. The van der Waals surface area contributed by atoms with E-state index < -0.39 is 0 Å². The number of halogens is 3. The lowest BCUT2D eigenvalue weighted by atomic mass is 9.86. The maximum Gasteiger partial charge on any atom is 0.167 e. The van der Waals surface area contributed by atoms with E-state index in [1.807, 2.05) is 25.5 Å². The Morgan fingerprint density at radius 3 is 2.57 bits per heavy atom. The van der Waals surface area contributed by atoms with Gasteiger partial charge in [0, 0.05) is 43.3 Å². The number of hydrogen-bond donors (Lipinski definition) is 3. The maximum absolute atomic E-state index is 10.1. The van der Waals surface area contributed by atoms with Crippen LogP contribution in [0.5, 0.6) is 11.5 Å². The fourth-order valence-electron chi connectivity index (χ4n) is 4.63. The van der Waals surface area contributed by atoms with Gasteiger partial charge in [0.15, 0.2) is 16.7 Å². The summed E-state index contributed by atoms with van der Waals surface area (Å²) in [6, 6.07) is 4.17. The van der Waals surface area contributed by atoms with Crippen LogP contribution in [0, 0.1) is 0 Å². The molecular weight excluding hydrogens is 660 g/mol. The summed E-state index contributed by atoms with van der Waals surface area (Å²) in [6.07, 6.45) is 12.9. The highest BCUT2D eigenvalue weighted by Gasteiger charge is 2.26. The number of phenolic OH excluding ortho intramolecular Hbond substituents is 2. The van der Waals surface area contributed by atoms with Crippen molar-refractivity contribution in [2.75, 3.05) is 31.9 Å². The molecule has 0 bridgehead atoms. The monoisotopic (exact) mass is 700 g/mol. The highest BCUT2D eigenvalue weighted by atomic mass is 79.9. The van der Waals surface area contributed by atoms with Crippen molar-refractivity contribution in [3.8, 4) is 11.5 Å². The van der Waals surface area contributed by atoms with Gasteiger partial charge in [0.2, 0.25) is 0 Å². The summed E-state index contributed by atoms with van der Waals surface area (Å²) < 4.78 is 2.06. The van der Waals surface area contributed by atoms with E-state index in [2.05, 4.69) is 26.7 Å². The van der Waals surface area contributed by atoms with Gasteiger partial charge in [-0.1, -0.05) is 37.6 Å². The summed E-state index contributed by atoms with van der Waals surface area (Å²) in [5.41, 5.74) is 2.15. The number of phenols is 2. The van der Waals surface area contributed by atoms with Gasteiger partial charge in [0.1, 0.15) is 0 Å². The van der Waals surface area contributed by atoms with Crippen molar-refractivity contribution in [3.63, 3.8) is 0 Å². The average Bonchev–Trinajstić information content (AvgIpc) is 3.21. The Balaban J connectivity index is 0.00000385. The third-order valence-electron chi connectivity index (χ3n) is 6.40. The van der Waals surface area contributed by atoms with Crippen LogP contribution < -0.4 is 5.32 Å². The highest BCUT2D eigenvalue weighted by Crippen LogP contribution is 2.36. The Labute approximate surface area is 247 Å². The van der Waals surface area contributed by atoms with Crippen LogP contribution in [-0.4, -0.2) is 62.6 Å². The fraction of sp³-hybridized carbons (Fsp3) is 0.640. The van der Waals surface area contributed by atoms with E-state index in [1.165, 1.54) is 37.7 Å². The van der Waals surface area contributed by atoms with Crippen LogP contribution in [0.3, 0.4) is 0 Å². The number of benzene rings is 1. The molecule has 3 rings (SSSR count). The number of aromatic hydroxyl groups is 2. The van der Waals surface area contributed by atoms with Gasteiger partial charge in [-0.2, -0.15) is 0 Å². The van der Waals surface area contributed by atoms with E-state index in [1.54, 1.807) is 17.8 Å². The van der Waals surface area contributed by atoms with Gasteiger partial charge in [-0.15, -0.1) is 50.9 Å². The Morgan fingerprint density at radius 2 is 1.86 bits per heavy atom. The fourth-order valence-corrected chi connectivity index (χ4v) is 5.46. The van der Waals surface area contributed by atoms with Crippen molar-refractivity contribution in [1.29, 1.82) is 0 Å². The smallest absolute Gasteiger partial charge is 0.167 e. The Bertz CT molecular complexity index is 841. The van der Waals surface area contributed by atoms with Crippen LogP contribution in [-0.2, 0) is 19.9 Å². The van der Waals surface area contributed by atoms with Crippen molar-refractivity contribution in [2.24, 2.45) is 7.05 Å². The molecular formula is C25H43Br3N4O2S. The lowest BCUT2D eigenvalue weighted by Crippen LogP contribution is -2.40. The summed E-state index contributed by atoms with van der Waals surface area (Å²) in [7, 11) is 2.04. The summed E-state index contributed by atoms with van der Waals surface area (Å²) in [5.74, 6) is 1.15. The lowest BCUT2D eigenvalue weighted by Gasteiger charge is -2.35. The van der Waals surface area contributed by atoms with E-state index in [0.29, 0.717) is 6.04 Å². The Morgan fingerprint density at radius 1 is 1.09 bits per heavy atom. The van der Waals surface area contributed by atoms with Gasteiger partial charge in [-0.05, 0) is 69.8 Å². The largest absolute Gasteiger partial charge is 0.504 e. The van der Waals surface area contributed by atoms with E-state index in [-0.39, 0.29) is 62.4 Å². The number of nitrogens with one attached hydrogen (secondary N) is 1. The SMILES string of the molecule is Br.Br.Br.CCCN(CCCCCCNCCSc1nccn1C)C1CCc2c(ccc(O)c2O)C1. The van der Waals surface area contributed by atoms with Crippen molar-refractivity contribution in [3.05, 3.63) is 35.7 Å². The van der Waals surface area contributed by atoms with E-state index in [0.717, 1.165) is 61.9 Å². The van der Waals surface area contributed by atoms with Gasteiger partial charge in [-0.25, -0.2) is 4.98 Å². The molecule has 202 valence electrons. The molecule has 1 heterocycles. The number of aryl methyl sites for hydroxylation is 1. The Kier molecular flexibility index (Phi) is 18.8. The molecule has 35 heavy (non-hydrogen) atoms. The van der Waals surface area contributed by atoms with Crippen molar-refractivity contribution in [2.45, 2.75) is 69.5 Å². The molecule has 6 nitrogen and oxygen atoms in total. The molecule has 0 spiro atoms. The topological polar surface area (TPSA) is 73.6 Å². The summed E-state index contributed by atoms with van der Waals surface area (Å²) >= 11 is 1.80. The molecule has 2 aromatic rings. The predicted octanol–water partition coefficient (Wildman–Crippen LogP) is 6.08. The number of thioether (sulfide) groups is 1. The molecule has 0 radical (unpaired) electrons. The number of fused-ring (bicyclic) bond motifs is 1. The molecule has 0 saturated heterocycles. The molecule has 1 aromatic heterocycles. The van der Waals surface area contributed by atoms with E-state index in [4.69, 9.17) is 0 Å². The first-order chi connectivity index (χ1) is 15.6. The minimum atomic E-state index is 0. The molecule has 1 aromatic carbocycles. The van der Waals surface area contributed by atoms with Crippen LogP contribution in [0.15, 0.2) is 29.7 Å². The summed E-state index contributed by atoms with van der Waals surface area (Å²) in [6.45, 7) is 6.67. The molecule has 3 N–H and O–H groups in total. The predicted molar refractivity (Wildman–Crippen MR) is 164 cm³/mol. The second-order valence-electron chi connectivity index (χ2n) is 8.84. The number of unbranched alkanes of at least 4 members (excludes halogenated alkanes) is 3. The van der Waals surface area contributed by atoms with E-state index >= 15 is 0 Å². The quantitative estimate of drug-likeness (QED) is 0.126. The van der Waals surface area contributed by atoms with Crippen LogP contribution >= 0.6 is 62.7 Å². The van der Waals surface area contributed by atoms with Crippen molar-refractivity contribution in [1.82, 2.24) is 19.8 Å². The number of rotatable bonds is 14. The number of hydrogen-bond acceptors (Lipinski definition) is 6. The zero-order chi connectivity index (χ0) is 22.8. The van der Waals surface area contributed by atoms with Crippen molar-refractivity contribution < 1.29 is 10.2 Å². The first kappa shape index (κ1) is 34.7. The van der Waals surface area contributed by atoms with Gasteiger partial charge < -0.3 is 25.0 Å². The van der Waals surface area contributed by atoms with E-state index in [9.17, 15) is 10.2 Å². The minimum absolute atomic E-state index is 0. The van der Waals surface area contributed by atoms with Gasteiger partial charge >= 0.3 is 0 Å². The standard InChI is InChI=1S/C25H40N4O2S.3BrH/c1-3-15-29(21-9-10-22-20(19-21)8-11-23(30)24(22)31)16-7-5-4-6-12-26-14-18-32-25-27-13-17-28(25)2;;;/h8,11,13,17,21,26,30-31H,3-7,9-10,12,14-16,18-19H2,1-2H3;3*1H. The minimum Gasteiger partial charge on any atom is -0.504 e. The second kappa shape index (κ2) is 18.9. The first-order valence-corrected chi connectivity index (χ1v) is 13.2. The molecule has 10 heteroatoms. The first-order valence-electron chi connectivity index (χ1n) is 12.2. The molecule has 0 amide bonds. The molecule has 1 atom stereocenters. The van der Waals surface area contributed by atoms with Gasteiger partial charge in [-0.3, -0.25) is 0 Å². The molecule has 1 aliphatic carbocycles. The molecule has 1 aliphatic rings. The van der Waals surface area contributed by atoms with Crippen LogP contribution in [0.25, 0.3) is 0 Å². The van der Waals surface area contributed by atoms with Gasteiger partial charge in [0.25, 0.3) is 0 Å². The third-order valence-corrected chi connectivity index (χ3v) is 7.46. The zero-order valence-electron chi connectivity index (χ0n) is 20.9. The number of nitrogens with zero attached hydrogens (tertiary/aromatic N) is 3. The van der Waals surface area contributed by atoms with Crippen LogP contribution in [0.4, 0.5) is 0 Å². The average molecular weight is 703 g/mol. The number of imidazole rings is 1. The summed E-state index contributed by atoms with van der Waals surface area (Å²) in [4.78, 5) is 6.99.